The zero-order chi connectivity index (χ0) is 18.5. The SMILES string of the molecule is CCOc1ccc(N2C[C@H](NC(=O)N3CCCC[C@H]3CC)CC2=O)cc1. The summed E-state index contributed by atoms with van der Waals surface area (Å²) in [4.78, 5) is 28.8. The van der Waals surface area contributed by atoms with E-state index in [1.54, 1.807) is 4.90 Å². The van der Waals surface area contributed by atoms with E-state index in [1.165, 1.54) is 6.42 Å². The molecule has 0 spiro atoms. The molecule has 6 heteroatoms. The van der Waals surface area contributed by atoms with Crippen LogP contribution in [0.25, 0.3) is 0 Å². The number of carbonyl (C=O) groups is 2. The van der Waals surface area contributed by atoms with Crippen molar-refractivity contribution in [2.24, 2.45) is 0 Å². The Hall–Kier alpha value is -2.24. The van der Waals surface area contributed by atoms with Crippen LogP contribution in [0.3, 0.4) is 0 Å². The van der Waals surface area contributed by atoms with Crippen LogP contribution < -0.4 is 15.0 Å². The molecule has 1 aromatic carbocycles. The van der Waals surface area contributed by atoms with E-state index in [-0.39, 0.29) is 18.0 Å². The van der Waals surface area contributed by atoms with Crippen LogP contribution in [0.4, 0.5) is 10.5 Å². The van der Waals surface area contributed by atoms with Crippen LogP contribution in [0.2, 0.25) is 0 Å². The average Bonchev–Trinajstić information content (AvgIpc) is 3.02. The van der Waals surface area contributed by atoms with Crippen LogP contribution in [0.15, 0.2) is 24.3 Å². The second kappa shape index (κ2) is 8.43. The number of hydrogen-bond donors (Lipinski definition) is 1. The maximum Gasteiger partial charge on any atom is 0.317 e. The molecule has 2 aliphatic heterocycles. The van der Waals surface area contributed by atoms with Crippen LogP contribution in [0, 0.1) is 0 Å². The molecule has 0 saturated carbocycles. The van der Waals surface area contributed by atoms with Gasteiger partial charge in [0.15, 0.2) is 0 Å². The zero-order valence-corrected chi connectivity index (χ0v) is 15.7. The lowest BCUT2D eigenvalue weighted by Crippen LogP contribution is -2.51. The number of carbonyl (C=O) groups excluding carboxylic acids is 2. The van der Waals surface area contributed by atoms with Gasteiger partial charge in [0.1, 0.15) is 5.75 Å². The van der Waals surface area contributed by atoms with Gasteiger partial charge >= 0.3 is 6.03 Å². The summed E-state index contributed by atoms with van der Waals surface area (Å²) in [7, 11) is 0. The summed E-state index contributed by atoms with van der Waals surface area (Å²) in [6.07, 6.45) is 4.66. The molecule has 2 heterocycles. The fraction of sp³-hybridized carbons (Fsp3) is 0.600. The molecule has 0 radical (unpaired) electrons. The van der Waals surface area contributed by atoms with Crippen LogP contribution >= 0.6 is 0 Å². The number of piperidine rings is 1. The number of nitrogens with one attached hydrogen (secondary N) is 1. The number of benzene rings is 1. The normalized spacial score (nSPS) is 23.2. The lowest BCUT2D eigenvalue weighted by molar-refractivity contribution is -0.117. The van der Waals surface area contributed by atoms with Gasteiger partial charge in [0, 0.05) is 31.2 Å². The first-order valence-corrected chi connectivity index (χ1v) is 9.72. The predicted molar refractivity (Wildman–Crippen MR) is 102 cm³/mol. The number of hydrogen-bond acceptors (Lipinski definition) is 3. The second-order valence-electron chi connectivity index (χ2n) is 7.03. The summed E-state index contributed by atoms with van der Waals surface area (Å²) >= 11 is 0. The predicted octanol–water partition coefficient (Wildman–Crippen LogP) is 3.16. The lowest BCUT2D eigenvalue weighted by atomic mass is 10.0. The molecule has 6 nitrogen and oxygen atoms in total. The van der Waals surface area contributed by atoms with Gasteiger partial charge in [-0.25, -0.2) is 4.79 Å². The van der Waals surface area contributed by atoms with Crippen molar-refractivity contribution in [1.29, 1.82) is 0 Å². The van der Waals surface area contributed by atoms with Gasteiger partial charge in [-0.05, 0) is 56.9 Å². The summed E-state index contributed by atoms with van der Waals surface area (Å²) in [6, 6.07) is 7.69. The molecule has 26 heavy (non-hydrogen) atoms. The van der Waals surface area contributed by atoms with Gasteiger partial charge in [-0.2, -0.15) is 0 Å². The zero-order valence-electron chi connectivity index (χ0n) is 15.7. The fourth-order valence-electron chi connectivity index (χ4n) is 3.89. The Morgan fingerprint density at radius 1 is 1.23 bits per heavy atom. The van der Waals surface area contributed by atoms with E-state index >= 15 is 0 Å². The molecule has 3 rings (SSSR count). The van der Waals surface area contributed by atoms with Crippen molar-refractivity contribution in [1.82, 2.24) is 10.2 Å². The summed E-state index contributed by atoms with van der Waals surface area (Å²) in [5, 5.41) is 3.07. The van der Waals surface area contributed by atoms with Crippen molar-refractivity contribution in [2.45, 2.75) is 58.0 Å². The molecule has 142 valence electrons. The minimum atomic E-state index is -0.138. The molecule has 1 N–H and O–H groups in total. The molecule has 0 unspecified atom stereocenters. The summed E-state index contributed by atoms with van der Waals surface area (Å²) in [5.41, 5.74) is 0.847. The third-order valence-electron chi connectivity index (χ3n) is 5.27. The highest BCUT2D eigenvalue weighted by Crippen LogP contribution is 2.25. The Labute approximate surface area is 155 Å². The van der Waals surface area contributed by atoms with E-state index in [2.05, 4.69) is 12.2 Å². The van der Waals surface area contributed by atoms with E-state index in [0.717, 1.165) is 37.2 Å². The van der Waals surface area contributed by atoms with Gasteiger partial charge in [-0.1, -0.05) is 6.92 Å². The molecule has 2 atom stereocenters. The van der Waals surface area contributed by atoms with Crippen LogP contribution in [0.1, 0.15) is 46.0 Å². The molecule has 2 fully saturated rings. The van der Waals surface area contributed by atoms with Crippen molar-refractivity contribution < 1.29 is 14.3 Å². The van der Waals surface area contributed by atoms with Gasteiger partial charge in [0.25, 0.3) is 0 Å². The fourth-order valence-corrected chi connectivity index (χ4v) is 3.89. The molecule has 0 aromatic heterocycles. The number of likely N-dealkylation sites (tertiary alicyclic amines) is 1. The highest BCUT2D eigenvalue weighted by molar-refractivity contribution is 5.96. The molecule has 0 bridgehead atoms. The summed E-state index contributed by atoms with van der Waals surface area (Å²) in [5.74, 6) is 0.841. The third-order valence-corrected chi connectivity index (χ3v) is 5.27. The van der Waals surface area contributed by atoms with Crippen LogP contribution in [-0.2, 0) is 4.79 Å². The van der Waals surface area contributed by atoms with Crippen molar-refractivity contribution >= 4 is 17.6 Å². The first-order valence-electron chi connectivity index (χ1n) is 9.72. The lowest BCUT2D eigenvalue weighted by Gasteiger charge is -2.35. The Morgan fingerprint density at radius 2 is 2.00 bits per heavy atom. The number of anilines is 1. The highest BCUT2D eigenvalue weighted by Gasteiger charge is 2.34. The maximum atomic E-state index is 12.7. The Morgan fingerprint density at radius 3 is 2.69 bits per heavy atom. The van der Waals surface area contributed by atoms with Gasteiger partial charge in [-0.3, -0.25) is 4.79 Å². The van der Waals surface area contributed by atoms with E-state index < -0.39 is 0 Å². The summed E-state index contributed by atoms with van der Waals surface area (Å²) in [6.45, 7) is 6.02. The van der Waals surface area contributed by atoms with Gasteiger partial charge in [-0.15, -0.1) is 0 Å². The molecule has 2 aliphatic rings. The Bertz CT molecular complexity index is 632. The molecule has 3 amide bonds. The number of amides is 3. The quantitative estimate of drug-likeness (QED) is 0.878. The molecule has 2 saturated heterocycles. The number of urea groups is 1. The van der Waals surface area contributed by atoms with Crippen molar-refractivity contribution in [3.8, 4) is 5.75 Å². The Kier molecular flexibility index (Phi) is 6.01. The van der Waals surface area contributed by atoms with E-state index in [4.69, 9.17) is 4.74 Å². The van der Waals surface area contributed by atoms with Crippen LogP contribution in [0.5, 0.6) is 5.75 Å². The number of ether oxygens (including phenoxy) is 1. The maximum absolute atomic E-state index is 12.7. The van der Waals surface area contributed by atoms with Gasteiger partial charge < -0.3 is 19.9 Å². The largest absolute Gasteiger partial charge is 0.494 e. The van der Waals surface area contributed by atoms with E-state index in [0.29, 0.717) is 25.6 Å². The molecule has 0 aliphatic carbocycles. The van der Waals surface area contributed by atoms with Gasteiger partial charge in [0.05, 0.1) is 12.6 Å². The second-order valence-corrected chi connectivity index (χ2v) is 7.03. The minimum absolute atomic E-state index is 0.0251. The number of rotatable bonds is 5. The average molecular weight is 359 g/mol. The van der Waals surface area contributed by atoms with Crippen molar-refractivity contribution in [3.63, 3.8) is 0 Å². The smallest absolute Gasteiger partial charge is 0.317 e. The van der Waals surface area contributed by atoms with Crippen molar-refractivity contribution in [3.05, 3.63) is 24.3 Å². The highest BCUT2D eigenvalue weighted by atomic mass is 16.5. The van der Waals surface area contributed by atoms with Gasteiger partial charge in [0.2, 0.25) is 5.91 Å². The monoisotopic (exact) mass is 359 g/mol. The minimum Gasteiger partial charge on any atom is -0.494 e. The standard InChI is InChI=1S/C20H29N3O3/c1-3-16-7-5-6-12-22(16)20(25)21-15-13-19(24)23(14-15)17-8-10-18(11-9-17)26-4-2/h8-11,15-16H,3-7,12-14H2,1-2H3,(H,21,25)/t15-,16-/m1/s1. The van der Waals surface area contributed by atoms with E-state index in [9.17, 15) is 9.59 Å². The first-order chi connectivity index (χ1) is 12.6. The molecule has 1 aromatic rings. The molecular weight excluding hydrogens is 330 g/mol. The molecular formula is C20H29N3O3. The third kappa shape index (κ3) is 4.11. The summed E-state index contributed by atoms with van der Waals surface area (Å²) < 4.78 is 5.45. The van der Waals surface area contributed by atoms with Crippen LogP contribution in [-0.4, -0.2) is 48.6 Å². The topological polar surface area (TPSA) is 61.9 Å². The van der Waals surface area contributed by atoms with Crippen molar-refractivity contribution in [2.75, 3.05) is 24.6 Å². The van der Waals surface area contributed by atoms with E-state index in [1.807, 2.05) is 36.1 Å². The first kappa shape index (κ1) is 18.5. The Balaban J connectivity index is 1.59. The number of nitrogens with zero attached hydrogens (tertiary/aromatic N) is 2.